The number of ether oxygens (including phenoxy) is 4. The van der Waals surface area contributed by atoms with E-state index in [2.05, 4.69) is 0 Å². The van der Waals surface area contributed by atoms with Crippen LogP contribution in [0, 0.1) is 0 Å². The highest BCUT2D eigenvalue weighted by Gasteiger charge is 2.50. The first-order valence-corrected chi connectivity index (χ1v) is 5.89. The zero-order valence-corrected chi connectivity index (χ0v) is 10.3. The van der Waals surface area contributed by atoms with Crippen molar-refractivity contribution in [1.29, 1.82) is 0 Å². The van der Waals surface area contributed by atoms with E-state index in [-0.39, 0.29) is 6.10 Å². The van der Waals surface area contributed by atoms with Gasteiger partial charge in [-0.1, -0.05) is 0 Å². The van der Waals surface area contributed by atoms with E-state index in [1.54, 1.807) is 20.8 Å². The zero-order valence-electron chi connectivity index (χ0n) is 10.3. The van der Waals surface area contributed by atoms with Crippen molar-refractivity contribution in [3.8, 4) is 0 Å². The van der Waals surface area contributed by atoms with Gasteiger partial charge in [-0.25, -0.2) is 0 Å². The van der Waals surface area contributed by atoms with Gasteiger partial charge in [0.05, 0.1) is 6.61 Å². The number of hydrogen-bond acceptors (Lipinski definition) is 6. The van der Waals surface area contributed by atoms with Crippen molar-refractivity contribution in [2.75, 3.05) is 13.2 Å². The van der Waals surface area contributed by atoms with E-state index in [0.717, 1.165) is 0 Å². The Balaban J connectivity index is 1.99. The van der Waals surface area contributed by atoms with Crippen LogP contribution in [-0.4, -0.2) is 59.9 Å². The van der Waals surface area contributed by atoms with Crippen molar-refractivity contribution in [3.63, 3.8) is 0 Å². The summed E-state index contributed by atoms with van der Waals surface area (Å²) >= 11 is 0. The summed E-state index contributed by atoms with van der Waals surface area (Å²) in [4.78, 5) is 0. The van der Waals surface area contributed by atoms with E-state index in [0.29, 0.717) is 13.2 Å². The average molecular weight is 248 g/mol. The second-order valence-corrected chi connectivity index (χ2v) is 4.77. The molecule has 0 aromatic carbocycles. The summed E-state index contributed by atoms with van der Waals surface area (Å²) in [6.07, 6.45) is -3.77. The third kappa shape index (κ3) is 2.62. The van der Waals surface area contributed by atoms with Gasteiger partial charge < -0.3 is 29.2 Å². The van der Waals surface area contributed by atoms with Crippen LogP contribution in [-0.2, 0) is 18.9 Å². The average Bonchev–Trinajstić information content (AvgIpc) is 2.73. The van der Waals surface area contributed by atoms with Crippen LogP contribution < -0.4 is 0 Å². The summed E-state index contributed by atoms with van der Waals surface area (Å²) in [6.45, 7) is 6.13. The molecular formula is C11H20O6. The molecule has 2 saturated heterocycles. The Morgan fingerprint density at radius 2 is 2.06 bits per heavy atom. The maximum Gasteiger partial charge on any atom is 0.184 e. The van der Waals surface area contributed by atoms with Gasteiger partial charge in [0.15, 0.2) is 12.1 Å². The van der Waals surface area contributed by atoms with Crippen LogP contribution in [0.3, 0.4) is 0 Å². The summed E-state index contributed by atoms with van der Waals surface area (Å²) in [5.41, 5.74) is 0. The maximum absolute atomic E-state index is 10.0. The number of aliphatic hydroxyl groups is 2. The maximum atomic E-state index is 10.0. The summed E-state index contributed by atoms with van der Waals surface area (Å²) in [5, 5.41) is 19.7. The predicted molar refractivity (Wildman–Crippen MR) is 57.2 cm³/mol. The Labute approximate surface area is 100 Å². The molecule has 5 atom stereocenters. The number of rotatable bonds is 3. The third-order valence-corrected chi connectivity index (χ3v) is 3.01. The van der Waals surface area contributed by atoms with Crippen LogP contribution in [0.5, 0.6) is 0 Å². The molecule has 2 heterocycles. The number of aliphatic hydroxyl groups excluding tert-OH is 2. The molecule has 0 aliphatic carbocycles. The van der Waals surface area contributed by atoms with Crippen molar-refractivity contribution in [2.24, 2.45) is 0 Å². The second kappa shape index (κ2) is 4.79. The summed E-state index contributed by atoms with van der Waals surface area (Å²) in [5.74, 6) is -0.678. The van der Waals surface area contributed by atoms with E-state index in [1.165, 1.54) is 0 Å². The van der Waals surface area contributed by atoms with Gasteiger partial charge in [0.25, 0.3) is 0 Å². The summed E-state index contributed by atoms with van der Waals surface area (Å²) in [7, 11) is 0. The fourth-order valence-electron chi connectivity index (χ4n) is 2.23. The van der Waals surface area contributed by atoms with Crippen LogP contribution >= 0.6 is 0 Å². The molecule has 100 valence electrons. The Hall–Kier alpha value is -0.240. The SMILES string of the molecule is CCO[C@@H]1C(O)C(C2COC(C)(C)O2)O[C@@H]1O. The Kier molecular flexibility index (Phi) is 3.72. The fraction of sp³-hybridized carbons (Fsp3) is 1.00. The van der Waals surface area contributed by atoms with Crippen LogP contribution in [0.15, 0.2) is 0 Å². The first-order valence-electron chi connectivity index (χ1n) is 5.89. The Bertz CT molecular complexity index is 269. The van der Waals surface area contributed by atoms with E-state index >= 15 is 0 Å². The van der Waals surface area contributed by atoms with Gasteiger partial charge in [0.1, 0.15) is 24.4 Å². The van der Waals surface area contributed by atoms with Crippen molar-refractivity contribution < 1.29 is 29.2 Å². The minimum Gasteiger partial charge on any atom is -0.387 e. The van der Waals surface area contributed by atoms with E-state index in [4.69, 9.17) is 18.9 Å². The molecule has 0 bridgehead atoms. The molecule has 6 heteroatoms. The normalized spacial score (nSPS) is 45.4. The minimum atomic E-state index is -1.12. The van der Waals surface area contributed by atoms with Gasteiger partial charge in [-0.3, -0.25) is 0 Å². The molecule has 2 aliphatic rings. The van der Waals surface area contributed by atoms with Crippen LogP contribution in [0.25, 0.3) is 0 Å². The standard InChI is InChI=1S/C11H20O6/c1-4-14-9-7(12)8(16-10(9)13)6-5-15-11(2,3)17-6/h6-10,12-13H,4-5H2,1-3H3/t6?,7?,8?,9-,10+/m1/s1. The lowest BCUT2D eigenvalue weighted by molar-refractivity contribution is -0.179. The van der Waals surface area contributed by atoms with Crippen molar-refractivity contribution in [3.05, 3.63) is 0 Å². The Morgan fingerprint density at radius 1 is 1.35 bits per heavy atom. The summed E-state index contributed by atoms with van der Waals surface area (Å²) < 4.78 is 21.6. The van der Waals surface area contributed by atoms with Crippen LogP contribution in [0.1, 0.15) is 20.8 Å². The molecule has 2 rings (SSSR count). The smallest absolute Gasteiger partial charge is 0.184 e. The monoisotopic (exact) mass is 248 g/mol. The molecule has 0 radical (unpaired) electrons. The molecule has 0 saturated carbocycles. The molecular weight excluding hydrogens is 228 g/mol. The lowest BCUT2D eigenvalue weighted by Gasteiger charge is -2.22. The molecule has 0 aromatic rings. The molecule has 2 fully saturated rings. The van der Waals surface area contributed by atoms with Crippen LogP contribution in [0.2, 0.25) is 0 Å². The first-order chi connectivity index (χ1) is 7.94. The highest BCUT2D eigenvalue weighted by atomic mass is 16.8. The van der Waals surface area contributed by atoms with Gasteiger partial charge in [-0.15, -0.1) is 0 Å². The van der Waals surface area contributed by atoms with Crippen molar-refractivity contribution in [2.45, 2.75) is 57.3 Å². The first kappa shape index (κ1) is 13.2. The molecule has 6 nitrogen and oxygen atoms in total. The Morgan fingerprint density at radius 3 is 2.59 bits per heavy atom. The third-order valence-electron chi connectivity index (χ3n) is 3.01. The molecule has 2 N–H and O–H groups in total. The van der Waals surface area contributed by atoms with Gasteiger partial charge >= 0.3 is 0 Å². The predicted octanol–water partition coefficient (Wildman–Crippen LogP) is -0.379. The number of hydrogen-bond donors (Lipinski definition) is 2. The topological polar surface area (TPSA) is 77.4 Å². The molecule has 0 aromatic heterocycles. The zero-order chi connectivity index (χ0) is 12.6. The second-order valence-electron chi connectivity index (χ2n) is 4.77. The van der Waals surface area contributed by atoms with Gasteiger partial charge in [0.2, 0.25) is 0 Å². The highest BCUT2D eigenvalue weighted by molar-refractivity contribution is 4.93. The van der Waals surface area contributed by atoms with Crippen molar-refractivity contribution in [1.82, 2.24) is 0 Å². The molecule has 0 spiro atoms. The lowest BCUT2D eigenvalue weighted by Crippen LogP contribution is -2.41. The van der Waals surface area contributed by atoms with Gasteiger partial charge in [0, 0.05) is 6.61 Å². The van der Waals surface area contributed by atoms with Gasteiger partial charge in [-0.05, 0) is 20.8 Å². The highest BCUT2D eigenvalue weighted by Crippen LogP contribution is 2.32. The summed E-state index contributed by atoms with van der Waals surface area (Å²) in [6, 6.07) is 0. The molecule has 0 amide bonds. The largest absolute Gasteiger partial charge is 0.387 e. The van der Waals surface area contributed by atoms with E-state index < -0.39 is 30.4 Å². The fourth-order valence-corrected chi connectivity index (χ4v) is 2.23. The lowest BCUT2D eigenvalue weighted by atomic mass is 10.1. The van der Waals surface area contributed by atoms with Crippen molar-refractivity contribution >= 4 is 0 Å². The quantitative estimate of drug-likeness (QED) is 0.709. The van der Waals surface area contributed by atoms with Crippen LogP contribution in [0.4, 0.5) is 0 Å². The minimum absolute atomic E-state index is 0.334. The van der Waals surface area contributed by atoms with E-state index in [1.807, 2.05) is 0 Å². The molecule has 3 unspecified atom stereocenters. The van der Waals surface area contributed by atoms with E-state index in [9.17, 15) is 10.2 Å². The molecule has 2 aliphatic heterocycles. The van der Waals surface area contributed by atoms with Gasteiger partial charge in [-0.2, -0.15) is 0 Å². The molecule has 17 heavy (non-hydrogen) atoms.